The molecule has 2 N–H and O–H groups in total. The van der Waals surface area contributed by atoms with E-state index in [1.54, 1.807) is 41.3 Å². The van der Waals surface area contributed by atoms with Crippen molar-refractivity contribution in [2.75, 3.05) is 33.2 Å². The van der Waals surface area contributed by atoms with Crippen LogP contribution in [-0.4, -0.2) is 78.5 Å². The van der Waals surface area contributed by atoms with Crippen LogP contribution in [0.25, 0.3) is 4.91 Å². The number of aliphatic carboxylic acids is 1. The number of nitrogens with zero attached hydrogens (tertiary/aromatic N) is 2. The second-order valence-corrected chi connectivity index (χ2v) is 13.6. The molecular formula is C26H28ClN3O5S2. The van der Waals surface area contributed by atoms with Crippen LogP contribution in [0.15, 0.2) is 54.6 Å². The molecule has 1 saturated heterocycles. The number of carboxylic acids is 1. The minimum atomic E-state index is -3.96. The van der Waals surface area contributed by atoms with E-state index in [1.807, 2.05) is 25.3 Å². The Labute approximate surface area is 225 Å². The van der Waals surface area contributed by atoms with Gasteiger partial charge in [0.05, 0.1) is 0 Å². The molecule has 2 fully saturated rings. The van der Waals surface area contributed by atoms with E-state index in [0.717, 1.165) is 23.6 Å². The normalized spacial score (nSPS) is 26.1. The molecule has 3 unspecified atom stereocenters. The fourth-order valence-corrected chi connectivity index (χ4v) is 8.22. The predicted octanol–water partition coefficient (Wildman–Crippen LogP) is 3.46. The highest BCUT2D eigenvalue weighted by atomic mass is 35.5. The summed E-state index contributed by atoms with van der Waals surface area (Å²) in [6, 6.07) is 14.1. The monoisotopic (exact) mass is 561 g/mol. The smallest absolute Gasteiger partial charge is 0.325 e. The SMILES string of the molecule is CN1CCN(C(=O)c2cccc(C3CC3(NS(=O)(=O)C3CC=C(c4ccc(Cl)cc4)S3)C(=O)O)c2)CC1. The summed E-state index contributed by atoms with van der Waals surface area (Å²) in [5.74, 6) is -1.87. The Hall–Kier alpha value is -2.37. The lowest BCUT2D eigenvalue weighted by Crippen LogP contribution is -2.47. The Balaban J connectivity index is 1.29. The van der Waals surface area contributed by atoms with Gasteiger partial charge in [-0.2, -0.15) is 4.72 Å². The van der Waals surface area contributed by atoms with E-state index < -0.39 is 32.0 Å². The second-order valence-electron chi connectivity index (χ2n) is 9.76. The molecule has 2 aromatic carbocycles. The largest absolute Gasteiger partial charge is 0.480 e. The number of carboxylic acid groups (broad SMARTS) is 1. The number of nitrogens with one attached hydrogen (secondary N) is 1. The van der Waals surface area contributed by atoms with Gasteiger partial charge in [-0.15, -0.1) is 11.8 Å². The van der Waals surface area contributed by atoms with Crippen LogP contribution in [0.4, 0.5) is 0 Å². The zero-order valence-corrected chi connectivity index (χ0v) is 22.7. The number of carbonyl (C=O) groups excluding carboxylic acids is 1. The highest BCUT2D eigenvalue weighted by Crippen LogP contribution is 2.53. The molecule has 2 heterocycles. The van der Waals surface area contributed by atoms with Gasteiger partial charge in [0.1, 0.15) is 10.1 Å². The van der Waals surface area contributed by atoms with Crippen molar-refractivity contribution in [3.63, 3.8) is 0 Å². The van der Waals surface area contributed by atoms with Crippen LogP contribution in [0.5, 0.6) is 0 Å². The minimum Gasteiger partial charge on any atom is -0.480 e. The van der Waals surface area contributed by atoms with Gasteiger partial charge in [-0.3, -0.25) is 9.59 Å². The van der Waals surface area contributed by atoms with Crippen molar-refractivity contribution >= 4 is 50.2 Å². The van der Waals surface area contributed by atoms with Gasteiger partial charge in [-0.05, 0) is 55.3 Å². The van der Waals surface area contributed by atoms with Crippen molar-refractivity contribution < 1.29 is 23.1 Å². The second kappa shape index (κ2) is 10.1. The Bertz CT molecular complexity index is 1360. The van der Waals surface area contributed by atoms with Crippen molar-refractivity contribution in [1.82, 2.24) is 14.5 Å². The van der Waals surface area contributed by atoms with Crippen molar-refractivity contribution in [2.24, 2.45) is 0 Å². The zero-order valence-electron chi connectivity index (χ0n) is 20.3. The fraction of sp³-hybridized carbons (Fsp3) is 0.385. The number of amides is 1. The van der Waals surface area contributed by atoms with E-state index in [0.29, 0.717) is 29.2 Å². The summed E-state index contributed by atoms with van der Waals surface area (Å²) >= 11 is 7.15. The molecule has 2 aromatic rings. The van der Waals surface area contributed by atoms with Gasteiger partial charge in [0.2, 0.25) is 10.0 Å². The van der Waals surface area contributed by atoms with Gasteiger partial charge < -0.3 is 14.9 Å². The lowest BCUT2D eigenvalue weighted by atomic mass is 10.0. The van der Waals surface area contributed by atoms with Crippen molar-refractivity contribution in [3.8, 4) is 0 Å². The Morgan fingerprint density at radius 3 is 2.49 bits per heavy atom. The molecule has 3 aliphatic rings. The number of piperazine rings is 1. The number of rotatable bonds is 7. The molecule has 0 radical (unpaired) electrons. The first kappa shape index (κ1) is 26.2. The molecule has 0 spiro atoms. The quantitative estimate of drug-likeness (QED) is 0.533. The standard InChI is InChI=1S/C26H28ClN3O5S2/c1-29-11-13-30(14-12-29)24(31)19-4-2-3-18(15-19)21-16-26(21,25(32)33)28-37(34,35)23-10-9-22(36-23)17-5-7-20(27)8-6-17/h2-9,15,21,23,28H,10-14,16H2,1H3,(H,32,33). The van der Waals surface area contributed by atoms with Gasteiger partial charge in [-0.25, -0.2) is 8.42 Å². The maximum atomic E-state index is 13.3. The lowest BCUT2D eigenvalue weighted by molar-refractivity contribution is -0.140. The number of likely N-dealkylation sites (N-methyl/N-ethyl adjacent to an activating group) is 1. The third-order valence-electron chi connectivity index (χ3n) is 7.22. The van der Waals surface area contributed by atoms with Gasteiger partial charge >= 0.3 is 5.97 Å². The van der Waals surface area contributed by atoms with Crippen LogP contribution in [0.2, 0.25) is 5.02 Å². The summed E-state index contributed by atoms with van der Waals surface area (Å²) < 4.78 is 28.3. The van der Waals surface area contributed by atoms with E-state index >= 15 is 0 Å². The first-order valence-corrected chi connectivity index (χ1v) is 14.9. The number of benzene rings is 2. The van der Waals surface area contributed by atoms with E-state index in [4.69, 9.17) is 11.6 Å². The molecule has 37 heavy (non-hydrogen) atoms. The average molecular weight is 562 g/mol. The van der Waals surface area contributed by atoms with Crippen LogP contribution < -0.4 is 4.72 Å². The molecule has 11 heteroatoms. The van der Waals surface area contributed by atoms with Crippen LogP contribution in [0.1, 0.15) is 40.2 Å². The number of hydrogen-bond acceptors (Lipinski definition) is 6. The molecule has 1 saturated carbocycles. The molecule has 0 aromatic heterocycles. The highest BCUT2D eigenvalue weighted by molar-refractivity contribution is 8.18. The van der Waals surface area contributed by atoms with E-state index in [-0.39, 0.29) is 18.7 Å². The Kier molecular flexibility index (Phi) is 7.14. The molecule has 0 bridgehead atoms. The molecule has 3 atom stereocenters. The Morgan fingerprint density at radius 2 is 1.81 bits per heavy atom. The van der Waals surface area contributed by atoms with E-state index in [2.05, 4.69) is 9.62 Å². The summed E-state index contributed by atoms with van der Waals surface area (Å²) in [6.45, 7) is 2.86. The third-order valence-corrected chi connectivity index (χ3v) is 11.2. The maximum Gasteiger partial charge on any atom is 0.325 e. The first-order valence-electron chi connectivity index (χ1n) is 12.1. The van der Waals surface area contributed by atoms with Crippen LogP contribution in [0.3, 0.4) is 0 Å². The van der Waals surface area contributed by atoms with Gasteiger partial charge in [-0.1, -0.05) is 41.9 Å². The van der Waals surface area contributed by atoms with Crippen molar-refractivity contribution in [1.29, 1.82) is 0 Å². The van der Waals surface area contributed by atoms with Crippen LogP contribution in [0, 0.1) is 0 Å². The average Bonchev–Trinajstić information content (AvgIpc) is 3.37. The summed E-state index contributed by atoms with van der Waals surface area (Å²) in [5.41, 5.74) is 0.368. The molecule has 1 amide bonds. The molecule has 1 aliphatic carbocycles. The molecule has 2 aliphatic heterocycles. The number of halogens is 1. The number of thioether (sulfide) groups is 1. The lowest BCUT2D eigenvalue weighted by Gasteiger charge is -2.32. The molecule has 5 rings (SSSR count). The van der Waals surface area contributed by atoms with Crippen molar-refractivity contribution in [3.05, 3.63) is 76.3 Å². The van der Waals surface area contributed by atoms with Gasteiger partial charge in [0, 0.05) is 47.6 Å². The summed E-state index contributed by atoms with van der Waals surface area (Å²) in [6.07, 6.45) is 2.25. The molecule has 8 nitrogen and oxygen atoms in total. The summed E-state index contributed by atoms with van der Waals surface area (Å²) in [4.78, 5) is 30.1. The summed E-state index contributed by atoms with van der Waals surface area (Å²) in [7, 11) is -1.95. The minimum absolute atomic E-state index is 0.0970. The van der Waals surface area contributed by atoms with Crippen LogP contribution in [-0.2, 0) is 14.8 Å². The van der Waals surface area contributed by atoms with Crippen molar-refractivity contribution in [2.45, 2.75) is 28.9 Å². The van der Waals surface area contributed by atoms with E-state index in [9.17, 15) is 23.1 Å². The predicted molar refractivity (Wildman–Crippen MR) is 145 cm³/mol. The molecule has 196 valence electrons. The third kappa shape index (κ3) is 5.31. The highest BCUT2D eigenvalue weighted by Gasteiger charge is 2.64. The number of hydrogen-bond donors (Lipinski definition) is 2. The van der Waals surface area contributed by atoms with Crippen LogP contribution >= 0.6 is 23.4 Å². The number of carbonyl (C=O) groups is 2. The topological polar surface area (TPSA) is 107 Å². The van der Waals surface area contributed by atoms with Gasteiger partial charge in [0.15, 0.2) is 0 Å². The number of sulfonamides is 1. The molecular weight excluding hydrogens is 534 g/mol. The summed E-state index contributed by atoms with van der Waals surface area (Å²) in [5, 5.41) is 10.7. The maximum absolute atomic E-state index is 13.3. The zero-order chi connectivity index (χ0) is 26.4. The fourth-order valence-electron chi connectivity index (χ4n) is 4.89. The van der Waals surface area contributed by atoms with E-state index in [1.165, 1.54) is 11.8 Å². The Morgan fingerprint density at radius 1 is 1.11 bits per heavy atom. The first-order chi connectivity index (χ1) is 17.6. The van der Waals surface area contributed by atoms with Gasteiger partial charge in [0.25, 0.3) is 5.91 Å². The number of allylic oxidation sites excluding steroid dienone is 1.